The summed E-state index contributed by atoms with van der Waals surface area (Å²) in [6, 6.07) is 10.7. The van der Waals surface area contributed by atoms with E-state index in [-0.39, 0.29) is 11.4 Å². The molecule has 0 bridgehead atoms. The average Bonchev–Trinajstić information content (AvgIpc) is 2.61. The number of hydrogen-bond donors (Lipinski definition) is 0. The molecule has 26 heavy (non-hydrogen) atoms. The molecule has 0 N–H and O–H groups in total. The molecule has 2 heterocycles. The van der Waals surface area contributed by atoms with E-state index in [2.05, 4.69) is 42.8 Å². The molecule has 3 rings (SSSR count). The Morgan fingerprint density at radius 2 is 1.92 bits per heavy atom. The van der Waals surface area contributed by atoms with Crippen LogP contribution in [-0.2, 0) is 19.9 Å². The van der Waals surface area contributed by atoms with Crippen molar-refractivity contribution in [1.82, 2.24) is 9.80 Å². The SMILES string of the molecule is CC(=O)OC1(c2ccccc2)CC(C)N(C)CC1(C)CN1CCOCC1. The highest BCUT2D eigenvalue weighted by atomic mass is 16.6. The van der Waals surface area contributed by atoms with Gasteiger partial charge in [-0.15, -0.1) is 0 Å². The van der Waals surface area contributed by atoms with Crippen molar-refractivity contribution in [1.29, 1.82) is 0 Å². The number of carbonyl (C=O) groups is 1. The van der Waals surface area contributed by atoms with Crippen LogP contribution in [0.2, 0.25) is 0 Å². The minimum atomic E-state index is -0.621. The first-order chi connectivity index (χ1) is 12.4. The van der Waals surface area contributed by atoms with E-state index >= 15 is 0 Å². The van der Waals surface area contributed by atoms with Crippen LogP contribution in [0.15, 0.2) is 30.3 Å². The third-order valence-corrected chi connectivity index (χ3v) is 6.14. The Balaban J connectivity index is 2.04. The number of benzene rings is 1. The number of ether oxygens (including phenoxy) is 2. The van der Waals surface area contributed by atoms with Crippen LogP contribution in [0, 0.1) is 5.41 Å². The lowest BCUT2D eigenvalue weighted by molar-refractivity contribution is -0.201. The molecule has 3 atom stereocenters. The molecule has 0 saturated carbocycles. The largest absolute Gasteiger partial charge is 0.454 e. The van der Waals surface area contributed by atoms with Crippen LogP contribution in [0.5, 0.6) is 0 Å². The van der Waals surface area contributed by atoms with Gasteiger partial charge in [0.15, 0.2) is 0 Å². The van der Waals surface area contributed by atoms with Crippen LogP contribution in [0.4, 0.5) is 0 Å². The number of piperidine rings is 1. The van der Waals surface area contributed by atoms with E-state index in [1.54, 1.807) is 0 Å². The molecule has 0 radical (unpaired) electrons. The lowest BCUT2D eigenvalue weighted by Crippen LogP contribution is -2.64. The molecule has 0 aliphatic carbocycles. The predicted octanol–water partition coefficient (Wildman–Crippen LogP) is 2.51. The highest BCUT2D eigenvalue weighted by Crippen LogP contribution is 2.51. The molecule has 5 nitrogen and oxygen atoms in total. The number of nitrogens with zero attached hydrogens (tertiary/aromatic N) is 2. The molecular formula is C21H32N2O3. The quantitative estimate of drug-likeness (QED) is 0.772. The van der Waals surface area contributed by atoms with E-state index in [0.29, 0.717) is 6.04 Å². The maximum atomic E-state index is 12.2. The lowest BCUT2D eigenvalue weighted by Gasteiger charge is -2.57. The van der Waals surface area contributed by atoms with Crippen LogP contribution in [0.1, 0.15) is 32.8 Å². The van der Waals surface area contributed by atoms with Gasteiger partial charge < -0.3 is 14.4 Å². The van der Waals surface area contributed by atoms with Crippen molar-refractivity contribution in [2.45, 2.75) is 38.8 Å². The van der Waals surface area contributed by atoms with Crippen molar-refractivity contribution < 1.29 is 14.3 Å². The first-order valence-corrected chi connectivity index (χ1v) is 9.62. The summed E-state index contributed by atoms with van der Waals surface area (Å²) >= 11 is 0. The molecule has 0 spiro atoms. The van der Waals surface area contributed by atoms with Crippen LogP contribution in [0.3, 0.4) is 0 Å². The Hall–Kier alpha value is -1.43. The van der Waals surface area contributed by atoms with E-state index in [1.807, 2.05) is 18.2 Å². The summed E-state index contributed by atoms with van der Waals surface area (Å²) in [5.74, 6) is -0.209. The molecule has 1 aromatic carbocycles. The minimum Gasteiger partial charge on any atom is -0.454 e. The normalized spacial score (nSPS) is 33.8. The number of likely N-dealkylation sites (tertiary alicyclic amines) is 1. The summed E-state index contributed by atoms with van der Waals surface area (Å²) in [4.78, 5) is 17.0. The smallest absolute Gasteiger partial charge is 0.303 e. The first kappa shape index (κ1) is 19.3. The van der Waals surface area contributed by atoms with Gasteiger partial charge in [-0.05, 0) is 19.5 Å². The van der Waals surface area contributed by atoms with E-state index < -0.39 is 5.60 Å². The lowest BCUT2D eigenvalue weighted by atomic mass is 9.63. The first-order valence-electron chi connectivity index (χ1n) is 9.62. The Kier molecular flexibility index (Phi) is 5.70. The van der Waals surface area contributed by atoms with E-state index in [9.17, 15) is 4.79 Å². The number of esters is 1. The number of carbonyl (C=O) groups excluding carboxylic acids is 1. The van der Waals surface area contributed by atoms with Gasteiger partial charge in [0.05, 0.1) is 13.2 Å². The molecule has 2 aliphatic heterocycles. The molecule has 2 aliphatic rings. The topological polar surface area (TPSA) is 42.0 Å². The number of rotatable bonds is 4. The summed E-state index contributed by atoms with van der Waals surface area (Å²) in [7, 11) is 2.17. The average molecular weight is 360 g/mol. The molecule has 0 aromatic heterocycles. The van der Waals surface area contributed by atoms with Gasteiger partial charge in [0.2, 0.25) is 0 Å². The van der Waals surface area contributed by atoms with Gasteiger partial charge in [0, 0.05) is 51.0 Å². The standard InChI is InChI=1S/C21H32N2O3/c1-17-14-21(26-18(2)24,19-8-6-5-7-9-19)20(3,15-22(17)4)16-23-10-12-25-13-11-23/h5-9,17H,10-16H2,1-4H3. The van der Waals surface area contributed by atoms with Crippen LogP contribution in [0.25, 0.3) is 0 Å². The second-order valence-corrected chi connectivity index (χ2v) is 8.20. The molecule has 1 aromatic rings. The van der Waals surface area contributed by atoms with E-state index in [0.717, 1.165) is 51.4 Å². The Bertz CT molecular complexity index is 617. The summed E-state index contributed by atoms with van der Waals surface area (Å²) < 4.78 is 11.7. The summed E-state index contributed by atoms with van der Waals surface area (Å²) in [6.45, 7) is 11.2. The molecule has 3 unspecified atom stereocenters. The molecule has 0 amide bonds. The van der Waals surface area contributed by atoms with Crippen molar-refractivity contribution in [3.63, 3.8) is 0 Å². The van der Waals surface area contributed by atoms with Gasteiger partial charge in [-0.25, -0.2) is 0 Å². The van der Waals surface area contributed by atoms with Crippen molar-refractivity contribution >= 4 is 5.97 Å². The maximum absolute atomic E-state index is 12.2. The zero-order chi connectivity index (χ0) is 18.8. The van der Waals surface area contributed by atoms with Crippen LogP contribution < -0.4 is 0 Å². The van der Waals surface area contributed by atoms with Gasteiger partial charge in [0.1, 0.15) is 5.60 Å². The number of hydrogen-bond acceptors (Lipinski definition) is 5. The molecule has 2 saturated heterocycles. The summed E-state index contributed by atoms with van der Waals surface area (Å²) in [6.07, 6.45) is 0.800. The Morgan fingerprint density at radius 1 is 1.27 bits per heavy atom. The van der Waals surface area contributed by atoms with E-state index in [1.165, 1.54) is 6.92 Å². The second kappa shape index (κ2) is 7.67. The second-order valence-electron chi connectivity index (χ2n) is 8.20. The highest BCUT2D eigenvalue weighted by molar-refractivity contribution is 5.67. The summed E-state index contributed by atoms with van der Waals surface area (Å²) in [5, 5.41) is 0. The van der Waals surface area contributed by atoms with Gasteiger partial charge in [-0.1, -0.05) is 37.3 Å². The molecular weight excluding hydrogens is 328 g/mol. The fraction of sp³-hybridized carbons (Fsp3) is 0.667. The van der Waals surface area contributed by atoms with Crippen LogP contribution >= 0.6 is 0 Å². The van der Waals surface area contributed by atoms with Crippen molar-refractivity contribution in [3.05, 3.63) is 35.9 Å². The van der Waals surface area contributed by atoms with Gasteiger partial charge in [-0.3, -0.25) is 9.69 Å². The summed E-state index contributed by atoms with van der Waals surface area (Å²) in [5.41, 5.74) is 0.272. The monoisotopic (exact) mass is 360 g/mol. The molecule has 2 fully saturated rings. The minimum absolute atomic E-state index is 0.209. The van der Waals surface area contributed by atoms with Crippen molar-refractivity contribution in [3.8, 4) is 0 Å². The third kappa shape index (κ3) is 3.66. The molecule has 144 valence electrons. The zero-order valence-corrected chi connectivity index (χ0v) is 16.5. The predicted molar refractivity (Wildman–Crippen MR) is 102 cm³/mol. The molecule has 5 heteroatoms. The Labute approximate surface area is 157 Å². The van der Waals surface area contributed by atoms with E-state index in [4.69, 9.17) is 9.47 Å². The number of morpholine rings is 1. The van der Waals surface area contributed by atoms with Gasteiger partial charge >= 0.3 is 5.97 Å². The van der Waals surface area contributed by atoms with Gasteiger partial charge in [0.25, 0.3) is 0 Å². The van der Waals surface area contributed by atoms with Crippen molar-refractivity contribution in [2.24, 2.45) is 5.41 Å². The fourth-order valence-corrected chi connectivity index (χ4v) is 4.73. The Morgan fingerprint density at radius 3 is 2.54 bits per heavy atom. The zero-order valence-electron chi connectivity index (χ0n) is 16.5. The highest BCUT2D eigenvalue weighted by Gasteiger charge is 2.57. The maximum Gasteiger partial charge on any atom is 0.303 e. The fourth-order valence-electron chi connectivity index (χ4n) is 4.73. The third-order valence-electron chi connectivity index (χ3n) is 6.14. The van der Waals surface area contributed by atoms with Crippen LogP contribution in [-0.4, -0.2) is 68.3 Å². The van der Waals surface area contributed by atoms with Crippen molar-refractivity contribution in [2.75, 3.05) is 46.4 Å². The van der Waals surface area contributed by atoms with Gasteiger partial charge in [-0.2, -0.15) is 0 Å².